The molecule has 0 unspecified atom stereocenters. The number of fused-ring (bicyclic) bond motifs is 1. The fraction of sp³-hybridized carbons (Fsp3) is 0.500. The molecular weight excluding hydrogens is 594 g/mol. The third kappa shape index (κ3) is 8.95. The number of carboxylic acids is 1. The first-order valence-corrected chi connectivity index (χ1v) is 16.7. The summed E-state index contributed by atoms with van der Waals surface area (Å²) in [6.45, 7) is 8.33. The molecule has 0 spiro atoms. The molecule has 2 aliphatic rings. The molecule has 2 aromatic carbocycles. The van der Waals surface area contributed by atoms with Crippen molar-refractivity contribution in [3.05, 3.63) is 71.4 Å². The van der Waals surface area contributed by atoms with Crippen LogP contribution in [0.2, 0.25) is 0 Å². The minimum absolute atomic E-state index is 0.00474. The zero-order chi connectivity index (χ0) is 33.6. The van der Waals surface area contributed by atoms with Crippen molar-refractivity contribution in [3.63, 3.8) is 0 Å². The van der Waals surface area contributed by atoms with Crippen molar-refractivity contribution < 1.29 is 29.0 Å². The molecule has 9 heteroatoms. The maximum Gasteiger partial charge on any atom is 0.410 e. The predicted octanol–water partition coefficient (Wildman–Crippen LogP) is 6.43. The number of nitrogens with zero attached hydrogens (tertiary/aromatic N) is 3. The van der Waals surface area contributed by atoms with E-state index in [0.717, 1.165) is 53.4 Å². The van der Waals surface area contributed by atoms with Crippen LogP contribution in [0.5, 0.6) is 0 Å². The third-order valence-corrected chi connectivity index (χ3v) is 8.82. The highest BCUT2D eigenvalue weighted by Crippen LogP contribution is 2.39. The van der Waals surface area contributed by atoms with E-state index in [4.69, 9.17) is 14.6 Å². The highest BCUT2D eigenvalue weighted by Gasteiger charge is 2.43. The molecule has 2 atom stereocenters. The van der Waals surface area contributed by atoms with Crippen molar-refractivity contribution in [3.8, 4) is 11.8 Å². The topological polar surface area (TPSA) is 101 Å². The Morgan fingerprint density at radius 2 is 1.85 bits per heavy atom. The minimum Gasteiger partial charge on any atom is -0.481 e. The van der Waals surface area contributed by atoms with Gasteiger partial charge in [0.05, 0.1) is 12.3 Å². The lowest BCUT2D eigenvalue weighted by Crippen LogP contribution is -2.51. The van der Waals surface area contributed by atoms with Gasteiger partial charge in [-0.3, -0.25) is 9.59 Å². The minimum atomic E-state index is -0.873. The summed E-state index contributed by atoms with van der Waals surface area (Å²) in [6, 6.07) is 16.4. The Morgan fingerprint density at radius 1 is 1.06 bits per heavy atom. The number of likely N-dealkylation sites (tertiary alicyclic amines) is 1. The van der Waals surface area contributed by atoms with Gasteiger partial charge in [-0.25, -0.2) is 4.79 Å². The lowest BCUT2D eigenvalue weighted by atomic mass is 9.79. The SMILES string of the molecule is COCCCn1cc(CN(C(=O)[C@H]2CN(C(=O)OC(C)(C)C)CC[C@@H]2c2cccc(C#CCCC(=O)O)c2)C2CC2)c2ccccc21. The van der Waals surface area contributed by atoms with Crippen LogP contribution < -0.4 is 0 Å². The number of carbonyl (C=O) groups is 3. The van der Waals surface area contributed by atoms with Crippen LogP contribution in [-0.2, 0) is 32.2 Å². The lowest BCUT2D eigenvalue weighted by Gasteiger charge is -2.40. The molecule has 2 amide bonds. The van der Waals surface area contributed by atoms with Gasteiger partial charge in [0.25, 0.3) is 0 Å². The molecular formula is C38H47N3O6. The first-order chi connectivity index (χ1) is 22.5. The monoisotopic (exact) mass is 641 g/mol. The van der Waals surface area contributed by atoms with Crippen molar-refractivity contribution >= 4 is 28.9 Å². The molecule has 1 saturated heterocycles. The summed E-state index contributed by atoms with van der Waals surface area (Å²) in [5.41, 5.74) is 3.41. The van der Waals surface area contributed by atoms with Crippen LogP contribution in [0.4, 0.5) is 4.79 Å². The van der Waals surface area contributed by atoms with Gasteiger partial charge in [0.1, 0.15) is 5.60 Å². The molecule has 3 aromatic rings. The molecule has 5 rings (SSSR count). The number of aliphatic carboxylic acids is 1. The van der Waals surface area contributed by atoms with Gasteiger partial charge in [-0.2, -0.15) is 0 Å². The number of benzene rings is 2. The van der Waals surface area contributed by atoms with Crippen LogP contribution in [0.3, 0.4) is 0 Å². The number of hydrogen-bond acceptors (Lipinski definition) is 5. The van der Waals surface area contributed by atoms with Crippen LogP contribution in [0, 0.1) is 17.8 Å². The highest BCUT2D eigenvalue weighted by molar-refractivity contribution is 5.86. The number of hydrogen-bond donors (Lipinski definition) is 1. The Morgan fingerprint density at radius 3 is 2.57 bits per heavy atom. The van der Waals surface area contributed by atoms with Gasteiger partial charge in [-0.1, -0.05) is 42.2 Å². The van der Waals surface area contributed by atoms with Gasteiger partial charge in [0.2, 0.25) is 5.91 Å². The average molecular weight is 642 g/mol. The molecule has 250 valence electrons. The first kappa shape index (κ1) is 34.1. The van der Waals surface area contributed by atoms with Gasteiger partial charge in [0.15, 0.2) is 0 Å². The summed E-state index contributed by atoms with van der Waals surface area (Å²) in [7, 11) is 1.72. The van der Waals surface area contributed by atoms with Gasteiger partial charge in [-0.05, 0) is 81.7 Å². The standard InChI is InChI=1S/C38H47N3O6/c1-38(2,3)47-37(45)40-21-19-31(28-13-9-12-27(23-28)11-5-8-16-35(42)43)33(26-40)36(44)41(30-17-18-30)25-29-24-39(20-10-22-46-4)34-15-7-6-14-32(29)34/h6-7,9,12-15,23-24,30-31,33H,8,10,16-22,25-26H2,1-4H3,(H,42,43)/t31-,33+/m1/s1. The Bertz CT molecular complexity index is 1640. The van der Waals surface area contributed by atoms with E-state index in [0.29, 0.717) is 26.1 Å². The second-order valence-corrected chi connectivity index (χ2v) is 13.7. The zero-order valence-corrected chi connectivity index (χ0v) is 28.0. The molecule has 47 heavy (non-hydrogen) atoms. The maximum absolute atomic E-state index is 14.8. The predicted molar refractivity (Wildman–Crippen MR) is 181 cm³/mol. The normalized spacial score (nSPS) is 18.0. The van der Waals surface area contributed by atoms with E-state index in [1.165, 1.54) is 0 Å². The first-order valence-electron chi connectivity index (χ1n) is 16.7. The number of carboxylic acid groups (broad SMARTS) is 1. The number of methoxy groups -OCH3 is 1. The molecule has 0 bridgehead atoms. The van der Waals surface area contributed by atoms with E-state index in [1.54, 1.807) is 12.0 Å². The number of aromatic nitrogens is 1. The molecule has 2 fully saturated rings. The van der Waals surface area contributed by atoms with Crippen LogP contribution in [0.25, 0.3) is 10.9 Å². The Kier molecular flexibility index (Phi) is 10.9. The molecule has 0 radical (unpaired) electrons. The smallest absolute Gasteiger partial charge is 0.410 e. The number of rotatable bonds is 11. The summed E-state index contributed by atoms with van der Waals surface area (Å²) in [5.74, 6) is 4.67. The number of carbonyl (C=O) groups excluding carboxylic acids is 2. The van der Waals surface area contributed by atoms with Crippen LogP contribution >= 0.6 is 0 Å². The third-order valence-electron chi connectivity index (χ3n) is 8.82. The van der Waals surface area contributed by atoms with Gasteiger partial charge in [0, 0.05) is 75.0 Å². The quantitative estimate of drug-likeness (QED) is 0.191. The fourth-order valence-electron chi connectivity index (χ4n) is 6.46. The van der Waals surface area contributed by atoms with Crippen molar-refractivity contribution in [1.82, 2.24) is 14.4 Å². The summed E-state index contributed by atoms with van der Waals surface area (Å²) in [6.07, 6.45) is 5.49. The van der Waals surface area contributed by atoms with E-state index in [2.05, 4.69) is 34.7 Å². The second-order valence-electron chi connectivity index (χ2n) is 13.7. The molecule has 1 aliphatic carbocycles. The zero-order valence-electron chi connectivity index (χ0n) is 28.0. The number of para-hydroxylation sites is 1. The van der Waals surface area contributed by atoms with Crippen LogP contribution in [0.15, 0.2) is 54.7 Å². The summed E-state index contributed by atoms with van der Waals surface area (Å²) < 4.78 is 13.3. The number of aryl methyl sites for hydroxylation is 1. The molecule has 1 saturated carbocycles. The highest BCUT2D eigenvalue weighted by atomic mass is 16.6. The lowest BCUT2D eigenvalue weighted by molar-refractivity contribution is -0.139. The molecule has 9 nitrogen and oxygen atoms in total. The largest absolute Gasteiger partial charge is 0.481 e. The van der Waals surface area contributed by atoms with E-state index in [-0.39, 0.29) is 37.3 Å². The molecule has 1 aromatic heterocycles. The van der Waals surface area contributed by atoms with Crippen LogP contribution in [-0.4, -0.2) is 75.9 Å². The summed E-state index contributed by atoms with van der Waals surface area (Å²) >= 11 is 0. The summed E-state index contributed by atoms with van der Waals surface area (Å²) in [5, 5.41) is 10.1. The molecule has 1 aliphatic heterocycles. The molecule has 2 heterocycles. The van der Waals surface area contributed by atoms with E-state index < -0.39 is 23.6 Å². The second kappa shape index (κ2) is 15.1. The average Bonchev–Trinajstić information content (AvgIpc) is 3.83. The number of piperidine rings is 1. The van der Waals surface area contributed by atoms with Crippen molar-refractivity contribution in [2.75, 3.05) is 26.8 Å². The molecule has 1 N–H and O–H groups in total. The van der Waals surface area contributed by atoms with E-state index >= 15 is 0 Å². The van der Waals surface area contributed by atoms with E-state index in [1.807, 2.05) is 62.1 Å². The van der Waals surface area contributed by atoms with Crippen molar-refractivity contribution in [1.29, 1.82) is 0 Å². The maximum atomic E-state index is 14.8. The Labute approximate surface area is 277 Å². The number of ether oxygens (including phenoxy) is 2. The number of amides is 2. The summed E-state index contributed by atoms with van der Waals surface area (Å²) in [4.78, 5) is 42.7. The van der Waals surface area contributed by atoms with Gasteiger partial charge >= 0.3 is 12.1 Å². The van der Waals surface area contributed by atoms with Gasteiger partial charge in [-0.15, -0.1) is 0 Å². The fourth-order valence-corrected chi connectivity index (χ4v) is 6.46. The van der Waals surface area contributed by atoms with Crippen molar-refractivity contribution in [2.45, 2.75) is 89.9 Å². The Hall–Kier alpha value is -4.29. The van der Waals surface area contributed by atoms with Crippen molar-refractivity contribution in [2.24, 2.45) is 5.92 Å². The van der Waals surface area contributed by atoms with E-state index in [9.17, 15) is 14.4 Å². The Balaban J connectivity index is 1.44. The van der Waals surface area contributed by atoms with Gasteiger partial charge < -0.3 is 28.9 Å². The van der Waals surface area contributed by atoms with Crippen LogP contribution in [0.1, 0.15) is 81.9 Å².